The molecule has 6 nitrogen and oxygen atoms in total. The zero-order valence-electron chi connectivity index (χ0n) is 12.6. The van der Waals surface area contributed by atoms with Gasteiger partial charge in [0.05, 0.1) is 12.7 Å². The summed E-state index contributed by atoms with van der Waals surface area (Å²) in [7, 11) is 1.31. The topological polar surface area (TPSA) is 77.5 Å². The molecule has 0 saturated heterocycles. The van der Waals surface area contributed by atoms with Gasteiger partial charge in [0.2, 0.25) is 0 Å². The highest BCUT2D eigenvalue weighted by Crippen LogP contribution is 2.16. The van der Waals surface area contributed by atoms with Crippen molar-refractivity contribution >= 4 is 28.4 Å². The van der Waals surface area contributed by atoms with Crippen LogP contribution in [-0.4, -0.2) is 30.6 Å². The lowest BCUT2D eigenvalue weighted by molar-refractivity contribution is 0.0467. The van der Waals surface area contributed by atoms with Crippen LogP contribution >= 0.6 is 11.3 Å². The Morgan fingerprint density at radius 3 is 2.96 bits per heavy atom. The smallest absolute Gasteiger partial charge is 0.358 e. The minimum atomic E-state index is -0.517. The number of ether oxygens (including phenoxy) is 2. The third-order valence-corrected chi connectivity index (χ3v) is 3.63. The van der Waals surface area contributed by atoms with E-state index in [0.717, 1.165) is 0 Å². The first-order valence-corrected chi connectivity index (χ1v) is 7.66. The molecule has 0 aliphatic heterocycles. The first kappa shape index (κ1) is 16.7. The number of anilines is 1. The van der Waals surface area contributed by atoms with Crippen molar-refractivity contribution in [2.75, 3.05) is 19.0 Å². The summed E-state index contributed by atoms with van der Waals surface area (Å²) in [6, 6.07) is 6.72. The number of nitrogens with one attached hydrogen (secondary N) is 1. The van der Waals surface area contributed by atoms with Crippen LogP contribution in [0, 0.1) is 0 Å². The number of carbonyl (C=O) groups is 2. The average Bonchev–Trinajstić information content (AvgIpc) is 3.06. The first-order chi connectivity index (χ1) is 11.1. The highest BCUT2D eigenvalue weighted by Gasteiger charge is 2.13. The molecular formula is C16H16N2O4S. The lowest BCUT2D eigenvalue weighted by Crippen LogP contribution is -2.07. The van der Waals surface area contributed by atoms with Gasteiger partial charge in [-0.2, -0.15) is 0 Å². The van der Waals surface area contributed by atoms with Crippen molar-refractivity contribution in [3.05, 3.63) is 59.1 Å². The first-order valence-electron chi connectivity index (χ1n) is 6.78. The van der Waals surface area contributed by atoms with Crippen molar-refractivity contribution in [3.8, 4) is 0 Å². The predicted octanol–water partition coefficient (Wildman–Crippen LogP) is 2.88. The van der Waals surface area contributed by atoms with Gasteiger partial charge in [0, 0.05) is 11.9 Å². The van der Waals surface area contributed by atoms with E-state index in [4.69, 9.17) is 4.74 Å². The number of hydrogen-bond donors (Lipinski definition) is 1. The molecule has 1 aromatic carbocycles. The third-order valence-electron chi connectivity index (χ3n) is 2.83. The molecule has 1 N–H and O–H groups in total. The highest BCUT2D eigenvalue weighted by molar-refractivity contribution is 7.13. The molecule has 0 saturated carbocycles. The average molecular weight is 332 g/mol. The molecule has 2 rings (SSSR count). The number of rotatable bonds is 7. The summed E-state index contributed by atoms with van der Waals surface area (Å²) in [5, 5.41) is 5.25. The maximum absolute atomic E-state index is 12.0. The van der Waals surface area contributed by atoms with E-state index >= 15 is 0 Å². The summed E-state index contributed by atoms with van der Waals surface area (Å²) >= 11 is 1.32. The van der Waals surface area contributed by atoms with Crippen LogP contribution in [-0.2, 0) is 16.1 Å². The van der Waals surface area contributed by atoms with E-state index in [1.165, 1.54) is 18.4 Å². The monoisotopic (exact) mass is 332 g/mol. The molecule has 120 valence electrons. The van der Waals surface area contributed by atoms with Crippen molar-refractivity contribution in [1.82, 2.24) is 4.98 Å². The molecule has 2 aromatic rings. The van der Waals surface area contributed by atoms with E-state index in [2.05, 4.69) is 21.6 Å². The van der Waals surface area contributed by atoms with Crippen molar-refractivity contribution < 1.29 is 19.1 Å². The van der Waals surface area contributed by atoms with E-state index in [-0.39, 0.29) is 12.3 Å². The SMILES string of the molecule is C=CCNc1nc(C(=O)OCc2cccc(C(=O)OC)c2)cs1. The molecule has 0 fully saturated rings. The summed E-state index contributed by atoms with van der Waals surface area (Å²) < 4.78 is 9.86. The molecule has 0 spiro atoms. The fourth-order valence-corrected chi connectivity index (χ4v) is 2.43. The number of benzene rings is 1. The van der Waals surface area contributed by atoms with Gasteiger partial charge >= 0.3 is 11.9 Å². The van der Waals surface area contributed by atoms with Crippen LogP contribution in [0.4, 0.5) is 5.13 Å². The lowest BCUT2D eigenvalue weighted by Gasteiger charge is -2.05. The molecular weight excluding hydrogens is 316 g/mol. The summed E-state index contributed by atoms with van der Waals surface area (Å²) in [6.07, 6.45) is 1.70. The van der Waals surface area contributed by atoms with Crippen molar-refractivity contribution in [3.63, 3.8) is 0 Å². The van der Waals surface area contributed by atoms with E-state index in [0.29, 0.717) is 22.8 Å². The van der Waals surface area contributed by atoms with Gasteiger partial charge in [0.25, 0.3) is 0 Å². The summed E-state index contributed by atoms with van der Waals surface area (Å²) in [4.78, 5) is 27.6. The zero-order valence-corrected chi connectivity index (χ0v) is 13.4. The molecule has 0 radical (unpaired) electrons. The number of carbonyl (C=O) groups excluding carboxylic acids is 2. The summed E-state index contributed by atoms with van der Waals surface area (Å²) in [5.74, 6) is -0.952. The number of nitrogens with zero attached hydrogens (tertiary/aromatic N) is 1. The number of hydrogen-bond acceptors (Lipinski definition) is 7. The Morgan fingerprint density at radius 2 is 2.22 bits per heavy atom. The minimum absolute atomic E-state index is 0.0522. The van der Waals surface area contributed by atoms with Crippen molar-refractivity contribution in [2.24, 2.45) is 0 Å². The van der Waals surface area contributed by atoms with Gasteiger partial charge in [-0.15, -0.1) is 17.9 Å². The van der Waals surface area contributed by atoms with E-state index in [1.807, 2.05) is 0 Å². The molecule has 0 aliphatic carbocycles. The molecule has 0 atom stereocenters. The molecule has 0 unspecified atom stereocenters. The van der Waals surface area contributed by atoms with Crippen molar-refractivity contribution in [1.29, 1.82) is 0 Å². The normalized spacial score (nSPS) is 9.96. The van der Waals surface area contributed by atoms with Crippen LogP contribution < -0.4 is 5.32 Å². The standard InChI is InChI=1S/C16H16N2O4S/c1-3-7-17-16-18-13(10-23-16)15(20)22-9-11-5-4-6-12(8-11)14(19)21-2/h3-6,8,10H,1,7,9H2,2H3,(H,17,18). The Morgan fingerprint density at radius 1 is 1.39 bits per heavy atom. The van der Waals surface area contributed by atoms with Gasteiger partial charge in [-0.25, -0.2) is 14.6 Å². The fourth-order valence-electron chi connectivity index (χ4n) is 1.74. The van der Waals surface area contributed by atoms with Crippen LogP contribution in [0.2, 0.25) is 0 Å². The Hall–Kier alpha value is -2.67. The molecule has 0 aliphatic rings. The number of thiazole rings is 1. The maximum atomic E-state index is 12.0. The van der Waals surface area contributed by atoms with Crippen LogP contribution in [0.1, 0.15) is 26.4 Å². The van der Waals surface area contributed by atoms with Gasteiger partial charge < -0.3 is 14.8 Å². The second kappa shape index (κ2) is 8.09. The Balaban J connectivity index is 1.95. The lowest BCUT2D eigenvalue weighted by atomic mass is 10.1. The van der Waals surface area contributed by atoms with Crippen LogP contribution in [0.3, 0.4) is 0 Å². The van der Waals surface area contributed by atoms with Gasteiger partial charge in [-0.1, -0.05) is 18.2 Å². The Bertz CT molecular complexity index is 712. The minimum Gasteiger partial charge on any atom is -0.465 e. The number of esters is 2. The second-order valence-corrected chi connectivity index (χ2v) is 5.33. The summed E-state index contributed by atoms with van der Waals surface area (Å²) in [6.45, 7) is 4.22. The molecule has 1 aromatic heterocycles. The Kier molecular flexibility index (Phi) is 5.87. The Labute approximate surface area is 137 Å². The quantitative estimate of drug-likeness (QED) is 0.620. The van der Waals surface area contributed by atoms with Crippen molar-refractivity contribution in [2.45, 2.75) is 6.61 Å². The predicted molar refractivity (Wildman–Crippen MR) is 87.7 cm³/mol. The van der Waals surface area contributed by atoms with Crippen LogP contribution in [0.15, 0.2) is 42.3 Å². The van der Waals surface area contributed by atoms with Gasteiger partial charge in [0.1, 0.15) is 6.61 Å². The van der Waals surface area contributed by atoms with Gasteiger partial charge in [-0.05, 0) is 17.7 Å². The third kappa shape index (κ3) is 4.65. The van der Waals surface area contributed by atoms with E-state index in [1.54, 1.807) is 35.7 Å². The number of aromatic nitrogens is 1. The molecule has 7 heteroatoms. The van der Waals surface area contributed by atoms with E-state index < -0.39 is 11.9 Å². The zero-order chi connectivity index (χ0) is 16.7. The fraction of sp³-hybridized carbons (Fsp3) is 0.188. The molecule has 23 heavy (non-hydrogen) atoms. The van der Waals surface area contributed by atoms with Crippen LogP contribution in [0.25, 0.3) is 0 Å². The molecule has 1 heterocycles. The van der Waals surface area contributed by atoms with Gasteiger partial charge in [-0.3, -0.25) is 0 Å². The second-order valence-electron chi connectivity index (χ2n) is 4.48. The summed E-state index contributed by atoms with van der Waals surface area (Å²) in [5.41, 5.74) is 1.35. The maximum Gasteiger partial charge on any atom is 0.358 e. The van der Waals surface area contributed by atoms with Gasteiger partial charge in [0.15, 0.2) is 10.8 Å². The largest absolute Gasteiger partial charge is 0.465 e. The highest BCUT2D eigenvalue weighted by atomic mass is 32.1. The molecule has 0 amide bonds. The molecule has 0 bridgehead atoms. The van der Waals surface area contributed by atoms with Crippen LogP contribution in [0.5, 0.6) is 0 Å². The van der Waals surface area contributed by atoms with E-state index in [9.17, 15) is 9.59 Å². The number of methoxy groups -OCH3 is 1.